The van der Waals surface area contributed by atoms with Gasteiger partial charge in [-0.05, 0) is 45.7 Å². The fourth-order valence-electron chi connectivity index (χ4n) is 3.25. The summed E-state index contributed by atoms with van der Waals surface area (Å²) in [6.07, 6.45) is 0. The van der Waals surface area contributed by atoms with Crippen molar-refractivity contribution in [2.24, 2.45) is 0 Å². The molecule has 0 unspecified atom stereocenters. The Morgan fingerprint density at radius 1 is 1.24 bits per heavy atom. The van der Waals surface area contributed by atoms with Crippen LogP contribution in [0, 0.1) is 13.8 Å². The highest BCUT2D eigenvalue weighted by Gasteiger charge is 2.20. The van der Waals surface area contributed by atoms with Crippen molar-refractivity contribution in [3.05, 3.63) is 56.7 Å². The van der Waals surface area contributed by atoms with E-state index in [0.717, 1.165) is 20.8 Å². The fraction of sp³-hybridized carbons (Fsp3) is 0.409. The van der Waals surface area contributed by atoms with Crippen LogP contribution in [-0.4, -0.2) is 32.2 Å². The van der Waals surface area contributed by atoms with Gasteiger partial charge >= 0.3 is 0 Å². The molecule has 1 aromatic carbocycles. The predicted octanol–water partition coefficient (Wildman–Crippen LogP) is 4.62. The number of aromatic nitrogens is 2. The van der Waals surface area contributed by atoms with E-state index in [1.165, 1.54) is 11.8 Å². The highest BCUT2D eigenvalue weighted by molar-refractivity contribution is 7.99. The monoisotopic (exact) mass is 429 g/mol. The first kappa shape index (κ1) is 21.6. The number of amides is 1. The third kappa shape index (κ3) is 4.56. The van der Waals surface area contributed by atoms with Crippen molar-refractivity contribution in [2.45, 2.75) is 58.9 Å². The van der Waals surface area contributed by atoms with Gasteiger partial charge in [0.2, 0.25) is 5.91 Å². The Hall–Kier alpha value is -2.12. The van der Waals surface area contributed by atoms with Gasteiger partial charge in [0.25, 0.3) is 5.56 Å². The van der Waals surface area contributed by atoms with Crippen LogP contribution in [0.2, 0.25) is 0 Å². The smallest absolute Gasteiger partial charge is 0.263 e. The molecule has 0 saturated heterocycles. The summed E-state index contributed by atoms with van der Waals surface area (Å²) in [7, 11) is 0. The molecule has 2 heterocycles. The molecule has 154 valence electrons. The Kier molecular flexibility index (Phi) is 6.80. The normalized spacial score (nSPS) is 11.4. The maximum absolute atomic E-state index is 13.0. The quantitative estimate of drug-likeness (QED) is 0.406. The summed E-state index contributed by atoms with van der Waals surface area (Å²) in [4.78, 5) is 34.4. The van der Waals surface area contributed by atoms with Crippen molar-refractivity contribution in [1.29, 1.82) is 0 Å². The van der Waals surface area contributed by atoms with Gasteiger partial charge in [0.1, 0.15) is 4.83 Å². The number of hydrogen-bond donors (Lipinski definition) is 0. The molecule has 0 fully saturated rings. The topological polar surface area (TPSA) is 55.2 Å². The summed E-state index contributed by atoms with van der Waals surface area (Å²) in [6, 6.07) is 10.1. The fourth-order valence-corrected chi connectivity index (χ4v) is 5.27. The SMILES string of the molecule is CCn1c(SCC(=O)N(Cc2ccccc2)C(C)C)nc2sc(C)c(C)c2c1=O. The van der Waals surface area contributed by atoms with Crippen LogP contribution in [0.25, 0.3) is 10.2 Å². The molecule has 7 heteroatoms. The maximum atomic E-state index is 13.0. The molecule has 0 aliphatic rings. The van der Waals surface area contributed by atoms with Crippen molar-refractivity contribution in [2.75, 3.05) is 5.75 Å². The van der Waals surface area contributed by atoms with Crippen LogP contribution in [0.4, 0.5) is 0 Å². The first-order valence-electron chi connectivity index (χ1n) is 9.80. The second-order valence-corrected chi connectivity index (χ2v) is 9.44. The Morgan fingerprint density at radius 3 is 2.55 bits per heavy atom. The molecule has 0 N–H and O–H groups in total. The summed E-state index contributed by atoms with van der Waals surface area (Å²) < 4.78 is 1.68. The minimum absolute atomic E-state index is 0.0145. The van der Waals surface area contributed by atoms with E-state index in [1.807, 2.05) is 69.9 Å². The van der Waals surface area contributed by atoms with Crippen molar-refractivity contribution in [3.63, 3.8) is 0 Å². The number of aryl methyl sites for hydroxylation is 2. The Balaban J connectivity index is 1.83. The molecular weight excluding hydrogens is 402 g/mol. The summed E-state index contributed by atoms with van der Waals surface area (Å²) >= 11 is 2.89. The molecule has 0 bridgehead atoms. The van der Waals surface area contributed by atoms with Crippen LogP contribution < -0.4 is 5.56 Å². The summed E-state index contributed by atoms with van der Waals surface area (Å²) in [5.74, 6) is 0.302. The van der Waals surface area contributed by atoms with Gasteiger partial charge in [0.15, 0.2) is 5.16 Å². The zero-order valence-electron chi connectivity index (χ0n) is 17.6. The second-order valence-electron chi connectivity index (χ2n) is 7.30. The van der Waals surface area contributed by atoms with Gasteiger partial charge in [-0.1, -0.05) is 42.1 Å². The van der Waals surface area contributed by atoms with E-state index in [2.05, 4.69) is 0 Å². The summed E-state index contributed by atoms with van der Waals surface area (Å²) in [6.45, 7) is 11.1. The minimum Gasteiger partial charge on any atom is -0.335 e. The van der Waals surface area contributed by atoms with Crippen molar-refractivity contribution in [3.8, 4) is 0 Å². The van der Waals surface area contributed by atoms with Crippen LogP contribution >= 0.6 is 23.1 Å². The third-order valence-corrected chi connectivity index (χ3v) is 7.10. The number of carbonyl (C=O) groups excluding carboxylic acids is 1. The molecule has 0 atom stereocenters. The third-order valence-electron chi connectivity index (χ3n) is 5.03. The van der Waals surface area contributed by atoms with Crippen molar-refractivity contribution in [1.82, 2.24) is 14.5 Å². The van der Waals surface area contributed by atoms with E-state index in [0.29, 0.717) is 23.6 Å². The molecule has 0 radical (unpaired) electrons. The van der Waals surface area contributed by atoms with Gasteiger partial charge in [0, 0.05) is 24.0 Å². The maximum Gasteiger partial charge on any atom is 0.263 e. The lowest BCUT2D eigenvalue weighted by Gasteiger charge is -2.27. The van der Waals surface area contributed by atoms with Crippen LogP contribution in [0.3, 0.4) is 0 Å². The van der Waals surface area contributed by atoms with Gasteiger partial charge in [-0.25, -0.2) is 4.98 Å². The molecular formula is C22H27N3O2S2. The first-order valence-corrected chi connectivity index (χ1v) is 11.6. The number of benzene rings is 1. The average Bonchev–Trinajstić information content (AvgIpc) is 2.98. The van der Waals surface area contributed by atoms with Crippen LogP contribution in [0.15, 0.2) is 40.3 Å². The Labute approximate surface area is 179 Å². The molecule has 0 aliphatic carbocycles. The first-order chi connectivity index (χ1) is 13.8. The van der Waals surface area contributed by atoms with Crippen molar-refractivity contribution < 1.29 is 4.79 Å². The second kappa shape index (κ2) is 9.13. The Morgan fingerprint density at radius 2 is 1.93 bits per heavy atom. The number of carbonyl (C=O) groups is 1. The van der Waals surface area contributed by atoms with Crippen molar-refractivity contribution >= 4 is 39.2 Å². The van der Waals surface area contributed by atoms with Crippen LogP contribution in [0.1, 0.15) is 36.8 Å². The largest absolute Gasteiger partial charge is 0.335 e. The number of thiophene rings is 1. The molecule has 3 aromatic rings. The lowest BCUT2D eigenvalue weighted by atomic mass is 10.2. The number of rotatable bonds is 7. The highest BCUT2D eigenvalue weighted by atomic mass is 32.2. The average molecular weight is 430 g/mol. The van der Waals surface area contributed by atoms with Gasteiger partial charge in [-0.3, -0.25) is 14.2 Å². The van der Waals surface area contributed by atoms with E-state index in [4.69, 9.17) is 4.98 Å². The van der Waals surface area contributed by atoms with Gasteiger partial charge in [0.05, 0.1) is 11.1 Å². The molecule has 1 amide bonds. The molecule has 2 aromatic heterocycles. The summed E-state index contributed by atoms with van der Waals surface area (Å²) in [5, 5.41) is 1.32. The predicted molar refractivity (Wildman–Crippen MR) is 122 cm³/mol. The van der Waals surface area contributed by atoms with Gasteiger partial charge < -0.3 is 4.90 Å². The number of fused-ring (bicyclic) bond motifs is 1. The molecule has 3 rings (SSSR count). The molecule has 0 aliphatic heterocycles. The number of thioether (sulfide) groups is 1. The van der Waals surface area contributed by atoms with E-state index >= 15 is 0 Å². The molecule has 5 nitrogen and oxygen atoms in total. The lowest BCUT2D eigenvalue weighted by molar-refractivity contribution is -0.130. The van der Waals surface area contributed by atoms with Crippen LogP contribution in [0.5, 0.6) is 0 Å². The standard InChI is InChI=1S/C22H27N3O2S2/c1-6-24-21(27)19-15(4)16(5)29-20(19)23-22(24)28-13-18(26)25(14(2)3)12-17-10-8-7-9-11-17/h7-11,14H,6,12-13H2,1-5H3. The molecule has 0 spiro atoms. The summed E-state index contributed by atoms with van der Waals surface area (Å²) in [5.41, 5.74) is 2.10. The highest BCUT2D eigenvalue weighted by Crippen LogP contribution is 2.28. The van der Waals surface area contributed by atoms with E-state index < -0.39 is 0 Å². The minimum atomic E-state index is -0.0145. The van der Waals surface area contributed by atoms with E-state index in [1.54, 1.807) is 15.9 Å². The van der Waals surface area contributed by atoms with Gasteiger partial charge in [-0.15, -0.1) is 11.3 Å². The number of hydrogen-bond acceptors (Lipinski definition) is 5. The Bertz CT molecular complexity index is 1070. The van der Waals surface area contributed by atoms with Gasteiger partial charge in [-0.2, -0.15) is 0 Å². The zero-order valence-corrected chi connectivity index (χ0v) is 19.2. The zero-order chi connectivity index (χ0) is 21.1. The van der Waals surface area contributed by atoms with E-state index in [9.17, 15) is 9.59 Å². The number of nitrogens with zero attached hydrogens (tertiary/aromatic N) is 3. The van der Waals surface area contributed by atoms with Crippen LogP contribution in [-0.2, 0) is 17.9 Å². The van der Waals surface area contributed by atoms with E-state index in [-0.39, 0.29) is 23.3 Å². The molecule has 29 heavy (non-hydrogen) atoms. The lowest BCUT2D eigenvalue weighted by Crippen LogP contribution is -2.37. The molecule has 0 saturated carbocycles.